The fourth-order valence-electron chi connectivity index (χ4n) is 1.61. The molecule has 0 saturated carbocycles. The molecule has 0 aliphatic heterocycles. The molecule has 106 valence electrons. The van der Waals surface area contributed by atoms with Crippen molar-refractivity contribution in [2.45, 2.75) is 24.4 Å². The lowest BCUT2D eigenvalue weighted by Gasteiger charge is -2.31. The molecule has 2 N–H and O–H groups in total. The van der Waals surface area contributed by atoms with Crippen LogP contribution in [0, 0.1) is 0 Å². The Hall–Kier alpha value is -1.22. The topological polar surface area (TPSA) is 112 Å². The highest BCUT2D eigenvalue weighted by atomic mass is 16.6. The summed E-state index contributed by atoms with van der Waals surface area (Å²) in [6.07, 6.45) is -4.98. The molecule has 0 rings (SSSR count). The van der Waals surface area contributed by atoms with Crippen LogP contribution in [0.15, 0.2) is 0 Å². The molecule has 8 nitrogen and oxygen atoms in total. The molecule has 0 aromatic carbocycles. The van der Waals surface area contributed by atoms with E-state index in [4.69, 9.17) is 29.2 Å². The first-order valence-electron chi connectivity index (χ1n) is 5.01. The van der Waals surface area contributed by atoms with Crippen molar-refractivity contribution >= 4 is 11.9 Å². The number of hydrogen-bond acceptors (Lipinski definition) is 6. The zero-order valence-corrected chi connectivity index (χ0v) is 10.7. The van der Waals surface area contributed by atoms with Gasteiger partial charge in [0, 0.05) is 28.4 Å². The molecule has 0 aliphatic rings. The highest BCUT2D eigenvalue weighted by molar-refractivity contribution is 5.75. The number of carboxylic acid groups (broad SMARTS) is 2. The summed E-state index contributed by atoms with van der Waals surface area (Å²) >= 11 is 0. The fraction of sp³-hybridized carbons (Fsp3) is 0.800. The van der Waals surface area contributed by atoms with Gasteiger partial charge >= 0.3 is 11.9 Å². The van der Waals surface area contributed by atoms with E-state index < -0.39 is 36.4 Å². The van der Waals surface area contributed by atoms with Crippen LogP contribution >= 0.6 is 0 Å². The normalized spacial score (nSPS) is 17.8. The largest absolute Gasteiger partial charge is 0.479 e. The van der Waals surface area contributed by atoms with E-state index in [1.54, 1.807) is 0 Å². The van der Waals surface area contributed by atoms with Gasteiger partial charge in [-0.1, -0.05) is 0 Å². The van der Waals surface area contributed by atoms with Crippen molar-refractivity contribution in [1.29, 1.82) is 0 Å². The SMILES string of the molecule is CO[C@H]([C@H](OC)[C@@H](OC)C(=O)O)[C@H](OC)C(=O)O. The number of methoxy groups -OCH3 is 4. The van der Waals surface area contributed by atoms with Gasteiger partial charge < -0.3 is 29.2 Å². The maximum absolute atomic E-state index is 11.0. The summed E-state index contributed by atoms with van der Waals surface area (Å²) in [6.45, 7) is 0. The van der Waals surface area contributed by atoms with Gasteiger partial charge in [0.1, 0.15) is 12.2 Å². The maximum atomic E-state index is 11.0. The van der Waals surface area contributed by atoms with Crippen molar-refractivity contribution in [3.05, 3.63) is 0 Å². The zero-order valence-electron chi connectivity index (χ0n) is 10.7. The van der Waals surface area contributed by atoms with Gasteiger partial charge in [-0.2, -0.15) is 0 Å². The predicted molar refractivity (Wildman–Crippen MR) is 58.5 cm³/mol. The van der Waals surface area contributed by atoms with Crippen molar-refractivity contribution in [1.82, 2.24) is 0 Å². The van der Waals surface area contributed by atoms with Gasteiger partial charge in [-0.3, -0.25) is 0 Å². The molecule has 8 heteroatoms. The third-order valence-corrected chi connectivity index (χ3v) is 2.46. The molecule has 0 aromatic rings. The van der Waals surface area contributed by atoms with Gasteiger partial charge in [0.25, 0.3) is 0 Å². The first kappa shape index (κ1) is 16.8. The molecule has 0 unspecified atom stereocenters. The minimum atomic E-state index is -1.36. The fourth-order valence-corrected chi connectivity index (χ4v) is 1.61. The molecule has 0 fully saturated rings. The third kappa shape index (κ3) is 3.91. The van der Waals surface area contributed by atoms with Gasteiger partial charge in [-0.25, -0.2) is 9.59 Å². The molecule has 18 heavy (non-hydrogen) atoms. The molecule has 0 spiro atoms. The van der Waals surface area contributed by atoms with E-state index in [1.807, 2.05) is 0 Å². The van der Waals surface area contributed by atoms with Crippen LogP contribution in [0.2, 0.25) is 0 Å². The number of hydrogen-bond donors (Lipinski definition) is 2. The van der Waals surface area contributed by atoms with Crippen LogP contribution in [-0.4, -0.2) is 75.0 Å². The monoisotopic (exact) mass is 266 g/mol. The van der Waals surface area contributed by atoms with E-state index in [-0.39, 0.29) is 0 Å². The van der Waals surface area contributed by atoms with E-state index in [9.17, 15) is 9.59 Å². The van der Waals surface area contributed by atoms with Crippen LogP contribution in [0.4, 0.5) is 0 Å². The highest BCUT2D eigenvalue weighted by Crippen LogP contribution is 2.16. The van der Waals surface area contributed by atoms with Crippen molar-refractivity contribution in [3.8, 4) is 0 Å². The minimum Gasteiger partial charge on any atom is -0.479 e. The van der Waals surface area contributed by atoms with Crippen LogP contribution in [0.3, 0.4) is 0 Å². The van der Waals surface area contributed by atoms with Crippen molar-refractivity contribution in [2.24, 2.45) is 0 Å². The lowest BCUT2D eigenvalue weighted by molar-refractivity contribution is -0.186. The minimum absolute atomic E-state index is 1.13. The van der Waals surface area contributed by atoms with Crippen LogP contribution in [0.25, 0.3) is 0 Å². The Morgan fingerprint density at radius 3 is 1.11 bits per heavy atom. The summed E-state index contributed by atoms with van der Waals surface area (Å²) in [5.74, 6) is -2.57. The molecular weight excluding hydrogens is 248 g/mol. The quantitative estimate of drug-likeness (QED) is 0.558. The summed E-state index contributed by atoms with van der Waals surface area (Å²) in [6, 6.07) is 0. The Morgan fingerprint density at radius 1 is 0.722 bits per heavy atom. The van der Waals surface area contributed by atoms with Crippen molar-refractivity contribution < 1.29 is 38.7 Å². The Morgan fingerprint density at radius 2 is 1.00 bits per heavy atom. The Bertz CT molecular complexity index is 251. The molecule has 4 atom stereocenters. The van der Waals surface area contributed by atoms with Crippen LogP contribution in [0.5, 0.6) is 0 Å². The van der Waals surface area contributed by atoms with Gasteiger partial charge in [-0.05, 0) is 0 Å². The molecule has 0 aromatic heterocycles. The lowest BCUT2D eigenvalue weighted by Crippen LogP contribution is -2.53. The highest BCUT2D eigenvalue weighted by Gasteiger charge is 2.42. The Labute approximate surface area is 104 Å². The zero-order chi connectivity index (χ0) is 14.3. The first-order valence-corrected chi connectivity index (χ1v) is 5.01. The Balaban J connectivity index is 5.18. The summed E-state index contributed by atoms with van der Waals surface area (Å²) in [5, 5.41) is 17.9. The standard InChI is InChI=1S/C10H18O8/c1-15-5(7(17-3)9(11)12)6(16-2)8(18-4)10(13)14/h5-8H,1-4H3,(H,11,12)(H,13,14)/t5-,6+,7+,8-. The third-order valence-electron chi connectivity index (χ3n) is 2.46. The van der Waals surface area contributed by atoms with E-state index >= 15 is 0 Å². The summed E-state index contributed by atoms with van der Waals surface area (Å²) < 4.78 is 19.5. The molecule has 0 heterocycles. The smallest absolute Gasteiger partial charge is 0.335 e. The number of carbonyl (C=O) groups is 2. The van der Waals surface area contributed by atoms with E-state index in [0.717, 1.165) is 0 Å². The molecule has 0 amide bonds. The first-order chi connectivity index (χ1) is 8.44. The second-order valence-electron chi connectivity index (χ2n) is 3.39. The van der Waals surface area contributed by atoms with Crippen LogP contribution in [0.1, 0.15) is 0 Å². The van der Waals surface area contributed by atoms with Crippen LogP contribution in [-0.2, 0) is 28.5 Å². The lowest BCUT2D eigenvalue weighted by atomic mass is 10.0. The van der Waals surface area contributed by atoms with Gasteiger partial charge in [0.15, 0.2) is 12.2 Å². The molecule has 0 aliphatic carbocycles. The average Bonchev–Trinajstić information content (AvgIpc) is 2.32. The van der Waals surface area contributed by atoms with E-state index in [0.29, 0.717) is 0 Å². The van der Waals surface area contributed by atoms with Crippen molar-refractivity contribution in [2.75, 3.05) is 28.4 Å². The number of aliphatic carboxylic acids is 2. The Kier molecular flexibility index (Phi) is 7.44. The second kappa shape index (κ2) is 7.98. The number of rotatable bonds is 9. The predicted octanol–water partition coefficient (Wildman–Crippen LogP) is -0.784. The van der Waals surface area contributed by atoms with Crippen LogP contribution < -0.4 is 0 Å². The van der Waals surface area contributed by atoms with Crippen molar-refractivity contribution in [3.63, 3.8) is 0 Å². The van der Waals surface area contributed by atoms with Gasteiger partial charge in [-0.15, -0.1) is 0 Å². The molecule has 0 radical (unpaired) electrons. The summed E-state index contributed by atoms with van der Waals surface area (Å²) in [7, 11) is 4.83. The number of ether oxygens (including phenoxy) is 4. The summed E-state index contributed by atoms with van der Waals surface area (Å²) in [5.41, 5.74) is 0. The molecule has 0 bridgehead atoms. The maximum Gasteiger partial charge on any atom is 0.335 e. The van der Waals surface area contributed by atoms with E-state index in [2.05, 4.69) is 0 Å². The van der Waals surface area contributed by atoms with E-state index in [1.165, 1.54) is 28.4 Å². The summed E-state index contributed by atoms with van der Waals surface area (Å²) in [4.78, 5) is 22.0. The second-order valence-corrected chi connectivity index (χ2v) is 3.39. The van der Waals surface area contributed by atoms with Gasteiger partial charge in [0.2, 0.25) is 0 Å². The molecular formula is C10H18O8. The average molecular weight is 266 g/mol. The number of carboxylic acids is 2. The molecule has 0 saturated heterocycles. The van der Waals surface area contributed by atoms with Gasteiger partial charge in [0.05, 0.1) is 0 Å².